The molecule has 0 aromatic rings. The van der Waals surface area contributed by atoms with Crippen LogP contribution in [0.25, 0.3) is 0 Å². The molecule has 0 aliphatic heterocycles. The van der Waals surface area contributed by atoms with Gasteiger partial charge < -0.3 is 4.74 Å². The molecule has 0 atom stereocenters. The van der Waals surface area contributed by atoms with Gasteiger partial charge in [0.2, 0.25) is 0 Å². The molecule has 0 N–H and O–H groups in total. The molecule has 0 spiro atoms. The molecule has 0 heterocycles. The first-order chi connectivity index (χ1) is 9.31. The van der Waals surface area contributed by atoms with Crippen molar-refractivity contribution < 1.29 is 9.53 Å². The molecule has 0 aromatic carbocycles. The van der Waals surface area contributed by atoms with Crippen LogP contribution in [0.4, 0.5) is 0 Å². The Bertz CT molecular complexity index is 190. The maximum Gasteiger partial charge on any atom is 0.305 e. The lowest BCUT2D eigenvalue weighted by Gasteiger charge is -2.04. The number of ether oxygens (including phenoxy) is 1. The summed E-state index contributed by atoms with van der Waals surface area (Å²) in [5, 5.41) is 0. The molecule has 0 aliphatic rings. The van der Waals surface area contributed by atoms with Crippen molar-refractivity contribution in [2.75, 3.05) is 6.61 Å². The lowest BCUT2D eigenvalue weighted by molar-refractivity contribution is -0.143. The van der Waals surface area contributed by atoms with Crippen molar-refractivity contribution in [2.24, 2.45) is 0 Å². The maximum atomic E-state index is 11.4. The first kappa shape index (κ1) is 18.5. The van der Waals surface area contributed by atoms with Gasteiger partial charge in [-0.15, -0.1) is 0 Å². The van der Waals surface area contributed by atoms with Gasteiger partial charge in [-0.05, 0) is 19.3 Å². The van der Waals surface area contributed by atoms with Gasteiger partial charge in [-0.2, -0.15) is 0 Å². The number of hydrogen-bond donors (Lipinski definition) is 0. The van der Waals surface area contributed by atoms with Crippen LogP contribution in [0.3, 0.4) is 0 Å². The Hall–Kier alpha value is -0.530. The molecule has 0 saturated heterocycles. The van der Waals surface area contributed by atoms with Gasteiger partial charge >= 0.3 is 5.97 Å². The summed E-state index contributed by atoms with van der Waals surface area (Å²) in [5.41, 5.74) is 0. The number of esters is 1. The van der Waals surface area contributed by atoms with Gasteiger partial charge in [0.15, 0.2) is 0 Å². The molecule has 0 rings (SSSR count). The van der Waals surface area contributed by atoms with Crippen molar-refractivity contribution in [3.05, 3.63) is 6.42 Å². The van der Waals surface area contributed by atoms with Crippen molar-refractivity contribution in [2.45, 2.75) is 90.9 Å². The Morgan fingerprint density at radius 3 is 2.05 bits per heavy atom. The number of carbonyl (C=O) groups is 1. The Morgan fingerprint density at radius 1 is 0.895 bits per heavy atom. The average molecular weight is 269 g/mol. The zero-order valence-electron chi connectivity index (χ0n) is 13.1. The average Bonchev–Trinajstić information content (AvgIpc) is 2.42. The van der Waals surface area contributed by atoms with E-state index < -0.39 is 0 Å². The van der Waals surface area contributed by atoms with E-state index >= 15 is 0 Å². The minimum Gasteiger partial charge on any atom is -0.466 e. The molecule has 2 heteroatoms. The van der Waals surface area contributed by atoms with Crippen LogP contribution in [-0.4, -0.2) is 12.6 Å². The Morgan fingerprint density at radius 2 is 1.47 bits per heavy atom. The van der Waals surface area contributed by atoms with E-state index in [4.69, 9.17) is 4.74 Å². The van der Waals surface area contributed by atoms with Crippen LogP contribution >= 0.6 is 0 Å². The standard InChI is InChI=1S/C17H33O2/c1-3-5-7-8-9-10-11-12-13-15-17(18)19-16-14-6-4-2/h6H,3-5,7-16H2,1-2H3. The van der Waals surface area contributed by atoms with Gasteiger partial charge in [0.1, 0.15) is 0 Å². The third kappa shape index (κ3) is 15.4. The molecule has 113 valence electrons. The zero-order chi connectivity index (χ0) is 14.2. The van der Waals surface area contributed by atoms with Gasteiger partial charge in [0.05, 0.1) is 6.61 Å². The number of hydrogen-bond acceptors (Lipinski definition) is 2. The highest BCUT2D eigenvalue weighted by Gasteiger charge is 2.02. The van der Waals surface area contributed by atoms with Crippen molar-refractivity contribution in [1.82, 2.24) is 0 Å². The van der Waals surface area contributed by atoms with E-state index in [0.29, 0.717) is 13.0 Å². The normalized spacial score (nSPS) is 10.6. The second-order valence-electron chi connectivity index (χ2n) is 5.28. The van der Waals surface area contributed by atoms with E-state index in [1.807, 2.05) is 0 Å². The monoisotopic (exact) mass is 269 g/mol. The van der Waals surface area contributed by atoms with Crippen molar-refractivity contribution >= 4 is 5.97 Å². The highest BCUT2D eigenvalue weighted by atomic mass is 16.5. The summed E-state index contributed by atoms with van der Waals surface area (Å²) in [6, 6.07) is 0. The van der Waals surface area contributed by atoms with E-state index in [0.717, 1.165) is 19.3 Å². The van der Waals surface area contributed by atoms with E-state index in [9.17, 15) is 4.79 Å². The van der Waals surface area contributed by atoms with E-state index in [-0.39, 0.29) is 5.97 Å². The van der Waals surface area contributed by atoms with Gasteiger partial charge in [-0.1, -0.05) is 71.6 Å². The second-order valence-corrected chi connectivity index (χ2v) is 5.28. The first-order valence-corrected chi connectivity index (χ1v) is 8.28. The third-order valence-corrected chi connectivity index (χ3v) is 3.36. The largest absolute Gasteiger partial charge is 0.466 e. The minimum atomic E-state index is -0.0209. The van der Waals surface area contributed by atoms with E-state index in [2.05, 4.69) is 20.3 Å². The Kier molecular flexibility index (Phi) is 15.1. The van der Waals surface area contributed by atoms with Crippen LogP contribution in [0.5, 0.6) is 0 Å². The van der Waals surface area contributed by atoms with Crippen LogP contribution in [0.2, 0.25) is 0 Å². The van der Waals surface area contributed by atoms with Crippen molar-refractivity contribution in [3.8, 4) is 0 Å². The van der Waals surface area contributed by atoms with Crippen LogP contribution in [0, 0.1) is 6.42 Å². The lowest BCUT2D eigenvalue weighted by Crippen LogP contribution is -2.05. The molecule has 0 saturated carbocycles. The summed E-state index contributed by atoms with van der Waals surface area (Å²) in [5.74, 6) is -0.0209. The summed E-state index contributed by atoms with van der Waals surface area (Å²) in [4.78, 5) is 11.4. The summed E-state index contributed by atoms with van der Waals surface area (Å²) in [7, 11) is 0. The first-order valence-electron chi connectivity index (χ1n) is 8.28. The maximum absolute atomic E-state index is 11.4. The quantitative estimate of drug-likeness (QED) is 0.309. The van der Waals surface area contributed by atoms with Crippen LogP contribution in [0.1, 0.15) is 90.9 Å². The SMILES string of the molecule is CC[CH]CCOC(=O)CCCCCCCCCCC. The highest BCUT2D eigenvalue weighted by Crippen LogP contribution is 2.10. The van der Waals surface area contributed by atoms with Crippen LogP contribution in [-0.2, 0) is 9.53 Å². The second kappa shape index (κ2) is 15.5. The van der Waals surface area contributed by atoms with Gasteiger partial charge in [-0.3, -0.25) is 4.79 Å². The number of carbonyl (C=O) groups excluding carboxylic acids is 1. The summed E-state index contributed by atoms with van der Waals surface area (Å²) < 4.78 is 5.15. The van der Waals surface area contributed by atoms with E-state index in [1.54, 1.807) is 0 Å². The fourth-order valence-corrected chi connectivity index (χ4v) is 2.11. The fourth-order valence-electron chi connectivity index (χ4n) is 2.11. The van der Waals surface area contributed by atoms with Crippen LogP contribution < -0.4 is 0 Å². The molecule has 0 aliphatic carbocycles. The van der Waals surface area contributed by atoms with Gasteiger partial charge in [-0.25, -0.2) is 0 Å². The van der Waals surface area contributed by atoms with Crippen molar-refractivity contribution in [1.29, 1.82) is 0 Å². The third-order valence-electron chi connectivity index (χ3n) is 3.36. The molecule has 0 fully saturated rings. The molecule has 0 bridgehead atoms. The van der Waals surface area contributed by atoms with Crippen LogP contribution in [0.15, 0.2) is 0 Å². The van der Waals surface area contributed by atoms with Gasteiger partial charge in [0, 0.05) is 6.42 Å². The Labute approximate surface area is 120 Å². The lowest BCUT2D eigenvalue weighted by atomic mass is 10.1. The van der Waals surface area contributed by atoms with Crippen molar-refractivity contribution in [3.63, 3.8) is 0 Å². The molecule has 1 radical (unpaired) electrons. The predicted octanol–water partition coefficient (Wildman–Crippen LogP) is 5.45. The predicted molar refractivity (Wildman–Crippen MR) is 82.0 cm³/mol. The highest BCUT2D eigenvalue weighted by molar-refractivity contribution is 5.69. The fraction of sp³-hybridized carbons (Fsp3) is 0.882. The number of unbranched alkanes of at least 4 members (excludes halogenated alkanes) is 10. The summed E-state index contributed by atoms with van der Waals surface area (Å²) >= 11 is 0. The molecule has 0 aromatic heterocycles. The molecule has 2 nitrogen and oxygen atoms in total. The summed E-state index contributed by atoms with van der Waals surface area (Å²) in [6.45, 7) is 4.91. The zero-order valence-corrected chi connectivity index (χ0v) is 13.1. The van der Waals surface area contributed by atoms with Gasteiger partial charge in [0.25, 0.3) is 0 Å². The summed E-state index contributed by atoms with van der Waals surface area (Å²) in [6.07, 6.45) is 16.3. The topological polar surface area (TPSA) is 26.3 Å². The molecule has 19 heavy (non-hydrogen) atoms. The molecule has 0 unspecified atom stereocenters. The molecular formula is C17H33O2. The molecule has 0 amide bonds. The minimum absolute atomic E-state index is 0.0209. The van der Waals surface area contributed by atoms with E-state index in [1.165, 1.54) is 51.4 Å². The molecular weight excluding hydrogens is 236 g/mol. The smallest absolute Gasteiger partial charge is 0.305 e. The Balaban J connectivity index is 3.10. The number of rotatable bonds is 14.